The van der Waals surface area contributed by atoms with Gasteiger partial charge in [-0.2, -0.15) is 4.21 Å². The number of hydrogen-bond acceptors (Lipinski definition) is 6. The lowest BCUT2D eigenvalue weighted by Crippen LogP contribution is -2.50. The third-order valence-electron chi connectivity index (χ3n) is 5.29. The van der Waals surface area contributed by atoms with E-state index in [9.17, 15) is 9.00 Å². The summed E-state index contributed by atoms with van der Waals surface area (Å²) in [6.07, 6.45) is 2.13. The molecule has 2 atom stereocenters. The zero-order valence-electron chi connectivity index (χ0n) is 17.7. The number of carbonyl (C=O) groups is 1. The van der Waals surface area contributed by atoms with Crippen LogP contribution in [0.4, 0.5) is 5.69 Å². The van der Waals surface area contributed by atoms with Crippen LogP contribution in [0.5, 0.6) is 0 Å². The monoisotopic (exact) mass is 478 g/mol. The molecule has 1 heterocycles. The van der Waals surface area contributed by atoms with Crippen LogP contribution in [0.3, 0.4) is 0 Å². The average molecular weight is 479 g/mol. The van der Waals surface area contributed by atoms with Crippen LogP contribution >= 0.6 is 11.6 Å². The van der Waals surface area contributed by atoms with Crippen molar-refractivity contribution >= 4 is 51.3 Å². The Morgan fingerprint density at radius 3 is 2.56 bits per heavy atom. The van der Waals surface area contributed by atoms with E-state index in [1.165, 1.54) is 19.0 Å². The van der Waals surface area contributed by atoms with Crippen molar-refractivity contribution in [2.45, 2.75) is 25.8 Å². The molecule has 11 heteroatoms. The maximum Gasteiger partial charge on any atom is 0.325 e. The number of fused-ring (bicyclic) bond motifs is 1. The van der Waals surface area contributed by atoms with Crippen molar-refractivity contribution in [3.05, 3.63) is 65.3 Å². The first kappa shape index (κ1) is 23.7. The summed E-state index contributed by atoms with van der Waals surface area (Å²) in [5, 5.41) is 17.2. The molecule has 2 unspecified atom stereocenters. The van der Waals surface area contributed by atoms with Crippen molar-refractivity contribution < 1.29 is 23.0 Å². The number of amides is 1. The number of aromatic nitrogens is 1. The molecular weight excluding hydrogens is 456 g/mol. The van der Waals surface area contributed by atoms with Gasteiger partial charge in [-0.3, -0.25) is 9.35 Å². The van der Waals surface area contributed by atoms with Gasteiger partial charge in [0.25, 0.3) is 5.91 Å². The van der Waals surface area contributed by atoms with Gasteiger partial charge in [0.1, 0.15) is 11.4 Å². The molecule has 0 radical (unpaired) electrons. The molecule has 170 valence electrons. The first-order valence-electron chi connectivity index (χ1n) is 9.64. The number of rotatable bonds is 7. The minimum absolute atomic E-state index is 0.0532. The molecule has 0 aliphatic rings. The Labute approximate surface area is 192 Å². The Morgan fingerprint density at radius 2 is 1.97 bits per heavy atom. The molecule has 0 spiro atoms. The Hall–Kier alpha value is -2.92. The number of carbonyl (C=O) groups excluding carboxylic acids is 1. The van der Waals surface area contributed by atoms with Crippen molar-refractivity contribution in [2.24, 2.45) is 5.16 Å². The topological polar surface area (TPSA) is 116 Å². The lowest BCUT2D eigenvalue weighted by atomic mass is 9.85. The molecular formula is C21H23ClN4O5S. The summed E-state index contributed by atoms with van der Waals surface area (Å²) in [4.78, 5) is 13.6. The number of anilines is 1. The molecule has 1 aromatic heterocycles. The molecule has 0 aliphatic carbocycles. The fourth-order valence-electron chi connectivity index (χ4n) is 3.83. The summed E-state index contributed by atoms with van der Waals surface area (Å²) < 4.78 is 26.9. The Bertz CT molecular complexity index is 1180. The van der Waals surface area contributed by atoms with Crippen LogP contribution in [0.1, 0.15) is 25.8 Å². The molecule has 1 amide bonds. The number of oxime groups is 1. The van der Waals surface area contributed by atoms with Crippen LogP contribution in [-0.2, 0) is 26.0 Å². The SMILES string of the molecule is CCC(C(=O)NC(C)=NO)(c1ccc(Cl)cc1)n1ccc2c(N(C)OS(=O)O)cccc21. The zero-order chi connectivity index (χ0) is 23.5. The summed E-state index contributed by atoms with van der Waals surface area (Å²) in [5.74, 6) is -0.348. The van der Waals surface area contributed by atoms with Gasteiger partial charge >= 0.3 is 11.4 Å². The fourth-order valence-corrected chi connectivity index (χ4v) is 4.23. The molecule has 3 N–H and O–H groups in total. The summed E-state index contributed by atoms with van der Waals surface area (Å²) in [6, 6.07) is 14.1. The number of nitrogens with one attached hydrogen (secondary N) is 1. The van der Waals surface area contributed by atoms with E-state index < -0.39 is 22.8 Å². The highest BCUT2D eigenvalue weighted by molar-refractivity contribution is 7.74. The highest BCUT2D eigenvalue weighted by atomic mass is 35.5. The molecule has 32 heavy (non-hydrogen) atoms. The second kappa shape index (κ2) is 9.70. The van der Waals surface area contributed by atoms with Crippen molar-refractivity contribution in [3.63, 3.8) is 0 Å². The smallest absolute Gasteiger partial charge is 0.325 e. The van der Waals surface area contributed by atoms with Crippen LogP contribution in [-0.4, -0.2) is 37.3 Å². The van der Waals surface area contributed by atoms with E-state index in [4.69, 9.17) is 25.6 Å². The Balaban J connectivity index is 2.26. The molecule has 9 nitrogen and oxygen atoms in total. The highest BCUT2D eigenvalue weighted by Crippen LogP contribution is 2.37. The van der Waals surface area contributed by atoms with Crippen LogP contribution in [0.25, 0.3) is 10.9 Å². The van der Waals surface area contributed by atoms with E-state index in [1.807, 2.05) is 17.6 Å². The van der Waals surface area contributed by atoms with Crippen LogP contribution in [0.2, 0.25) is 5.02 Å². The van der Waals surface area contributed by atoms with Crippen molar-refractivity contribution in [1.82, 2.24) is 9.88 Å². The van der Waals surface area contributed by atoms with E-state index in [1.54, 1.807) is 48.7 Å². The van der Waals surface area contributed by atoms with Crippen molar-refractivity contribution in [1.29, 1.82) is 0 Å². The summed E-state index contributed by atoms with van der Waals surface area (Å²) in [6.45, 7) is 3.35. The highest BCUT2D eigenvalue weighted by Gasteiger charge is 2.41. The number of benzene rings is 2. The second-order valence-electron chi connectivity index (χ2n) is 7.05. The molecule has 3 rings (SSSR count). The lowest BCUT2D eigenvalue weighted by Gasteiger charge is -2.34. The maximum atomic E-state index is 13.6. The van der Waals surface area contributed by atoms with Crippen molar-refractivity contribution in [3.8, 4) is 0 Å². The summed E-state index contributed by atoms with van der Waals surface area (Å²) in [5.41, 5.74) is 0.693. The minimum atomic E-state index is -2.49. The van der Waals surface area contributed by atoms with Gasteiger partial charge in [0.2, 0.25) is 0 Å². The van der Waals surface area contributed by atoms with Crippen LogP contribution < -0.4 is 10.4 Å². The average Bonchev–Trinajstić information content (AvgIpc) is 3.20. The number of hydroxylamine groups is 1. The molecule has 2 aromatic carbocycles. The van der Waals surface area contributed by atoms with Gasteiger partial charge in [0.15, 0.2) is 0 Å². The molecule has 0 saturated carbocycles. The first-order chi connectivity index (χ1) is 15.2. The number of amidine groups is 1. The van der Waals surface area contributed by atoms with Gasteiger partial charge in [0, 0.05) is 23.7 Å². The van der Waals surface area contributed by atoms with E-state index >= 15 is 0 Å². The van der Waals surface area contributed by atoms with Crippen molar-refractivity contribution in [2.75, 3.05) is 12.1 Å². The Morgan fingerprint density at radius 1 is 1.28 bits per heavy atom. The number of halogens is 1. The third-order valence-corrected chi connectivity index (χ3v) is 5.89. The summed E-state index contributed by atoms with van der Waals surface area (Å²) in [7, 11) is 1.51. The van der Waals surface area contributed by atoms with E-state index in [0.29, 0.717) is 33.6 Å². The number of nitrogens with zero attached hydrogens (tertiary/aromatic N) is 3. The van der Waals surface area contributed by atoms with Gasteiger partial charge < -0.3 is 15.1 Å². The first-order valence-corrected chi connectivity index (χ1v) is 11.0. The van der Waals surface area contributed by atoms with Gasteiger partial charge in [0.05, 0.1) is 11.2 Å². The molecule has 0 fully saturated rings. The second-order valence-corrected chi connectivity index (χ2v) is 8.06. The zero-order valence-corrected chi connectivity index (χ0v) is 19.2. The number of hydrogen-bond donors (Lipinski definition) is 3. The third kappa shape index (κ3) is 4.35. The summed E-state index contributed by atoms with van der Waals surface area (Å²) >= 11 is 3.59. The van der Waals surface area contributed by atoms with E-state index in [0.717, 1.165) is 0 Å². The predicted octanol–water partition coefficient (Wildman–Crippen LogP) is 3.88. The van der Waals surface area contributed by atoms with Gasteiger partial charge in [-0.05, 0) is 49.2 Å². The van der Waals surface area contributed by atoms with Gasteiger partial charge in [-0.1, -0.05) is 41.9 Å². The maximum absolute atomic E-state index is 13.6. The molecule has 0 bridgehead atoms. The predicted molar refractivity (Wildman–Crippen MR) is 124 cm³/mol. The minimum Gasteiger partial charge on any atom is -0.409 e. The largest absolute Gasteiger partial charge is 0.409 e. The van der Waals surface area contributed by atoms with E-state index in [2.05, 4.69) is 10.5 Å². The molecule has 0 aliphatic heterocycles. The molecule has 3 aromatic rings. The normalized spacial score (nSPS) is 14.7. The Kier molecular flexibility index (Phi) is 7.19. The van der Waals surface area contributed by atoms with E-state index in [-0.39, 0.29) is 5.84 Å². The fraction of sp³-hybridized carbons (Fsp3) is 0.238. The lowest BCUT2D eigenvalue weighted by molar-refractivity contribution is -0.126. The van der Waals surface area contributed by atoms with Gasteiger partial charge in [-0.25, -0.2) is 5.06 Å². The van der Waals surface area contributed by atoms with Gasteiger partial charge in [-0.15, -0.1) is 4.28 Å². The molecule has 0 saturated heterocycles. The quantitative estimate of drug-likeness (QED) is 0.156. The van der Waals surface area contributed by atoms with Crippen LogP contribution in [0, 0.1) is 0 Å². The van der Waals surface area contributed by atoms with Crippen LogP contribution in [0.15, 0.2) is 59.9 Å². The standard InChI is InChI=1S/C21H23ClN4O5S/c1-4-21(20(27)23-14(2)24-28,15-8-10-16(22)11-9-15)26-13-12-17-18(6-5-7-19(17)26)25(3)31-32(29)30/h5-13,28H,4H2,1-3H3,(H,29,30)(H,23,24,27).